The molecule has 6 heteroatoms. The fourth-order valence-corrected chi connectivity index (χ4v) is 6.03. The third-order valence-electron chi connectivity index (χ3n) is 6.88. The van der Waals surface area contributed by atoms with Crippen molar-refractivity contribution in [1.82, 2.24) is 14.8 Å². The Hall–Kier alpha value is -2.31. The first-order chi connectivity index (χ1) is 15.2. The van der Waals surface area contributed by atoms with Gasteiger partial charge in [-0.2, -0.15) is 0 Å². The first kappa shape index (κ1) is 20.6. The minimum Gasteiger partial charge on any atom is -0.338 e. The van der Waals surface area contributed by atoms with Crippen molar-refractivity contribution < 1.29 is 4.79 Å². The largest absolute Gasteiger partial charge is 0.338 e. The summed E-state index contributed by atoms with van der Waals surface area (Å²) in [5, 5.41) is 2.18. The molecule has 0 saturated carbocycles. The Labute approximate surface area is 188 Å². The summed E-state index contributed by atoms with van der Waals surface area (Å²) in [5.41, 5.74) is 6.24. The molecule has 2 aromatic heterocycles. The lowest BCUT2D eigenvalue weighted by Gasteiger charge is -2.34. The summed E-state index contributed by atoms with van der Waals surface area (Å²) in [5.74, 6) is 0.778. The molecule has 0 spiro atoms. The van der Waals surface area contributed by atoms with Gasteiger partial charge in [0.05, 0.1) is 12.3 Å². The van der Waals surface area contributed by atoms with Crippen molar-refractivity contribution >= 4 is 23.0 Å². The van der Waals surface area contributed by atoms with Crippen LogP contribution < -0.4 is 0 Å². The molecule has 3 aliphatic rings. The molecule has 31 heavy (non-hydrogen) atoms. The van der Waals surface area contributed by atoms with Crippen LogP contribution in [0.4, 0.5) is 0 Å². The zero-order valence-corrected chi connectivity index (χ0v) is 19.0. The number of carbonyl (C=O) groups excluding carboxylic acids is 1. The number of carbonyl (C=O) groups is 1. The molecule has 0 aromatic carbocycles. The van der Waals surface area contributed by atoms with Crippen LogP contribution in [0.3, 0.4) is 0 Å². The number of piperidine rings is 1. The SMILES string of the molecule is Cc1ccsc1CN1CCC[C@@H](CC(=O)N2CCC3=C(C2)C(c2ccncc2)=NC3)C1. The molecule has 5 nitrogen and oxygen atoms in total. The quantitative estimate of drug-likeness (QED) is 0.712. The van der Waals surface area contributed by atoms with Gasteiger partial charge in [0, 0.05) is 55.4 Å². The highest BCUT2D eigenvalue weighted by molar-refractivity contribution is 7.10. The van der Waals surface area contributed by atoms with Crippen molar-refractivity contribution in [3.8, 4) is 0 Å². The topological polar surface area (TPSA) is 48.8 Å². The molecule has 0 unspecified atom stereocenters. The van der Waals surface area contributed by atoms with Gasteiger partial charge in [-0.15, -0.1) is 11.3 Å². The van der Waals surface area contributed by atoms with Crippen LogP contribution in [-0.4, -0.2) is 59.1 Å². The molecule has 5 rings (SSSR count). The van der Waals surface area contributed by atoms with Crippen LogP contribution in [0.1, 0.15) is 41.7 Å². The number of nitrogens with zero attached hydrogens (tertiary/aromatic N) is 4. The standard InChI is InChI=1S/C25H30N4OS/c1-18-7-12-31-23(18)17-28-10-2-3-19(15-28)13-24(30)29-11-6-21-14-27-25(22(21)16-29)20-4-8-26-9-5-20/h4-5,7-9,12,19H,2-3,6,10-11,13-17H2,1H3/t19-/m0/s1. The van der Waals surface area contributed by atoms with Gasteiger partial charge in [-0.25, -0.2) is 0 Å². The lowest BCUT2D eigenvalue weighted by Crippen LogP contribution is -2.41. The van der Waals surface area contributed by atoms with E-state index in [4.69, 9.17) is 4.99 Å². The maximum atomic E-state index is 13.2. The van der Waals surface area contributed by atoms with Crippen LogP contribution in [0.2, 0.25) is 0 Å². The highest BCUT2D eigenvalue weighted by atomic mass is 32.1. The predicted molar refractivity (Wildman–Crippen MR) is 126 cm³/mol. The smallest absolute Gasteiger partial charge is 0.223 e. The number of hydrogen-bond donors (Lipinski definition) is 0. The average Bonchev–Trinajstić information content (AvgIpc) is 3.40. The van der Waals surface area contributed by atoms with E-state index in [1.807, 2.05) is 35.9 Å². The monoisotopic (exact) mass is 434 g/mol. The number of aliphatic imine (C=N–C) groups is 1. The highest BCUT2D eigenvalue weighted by Gasteiger charge is 2.31. The summed E-state index contributed by atoms with van der Waals surface area (Å²) < 4.78 is 0. The van der Waals surface area contributed by atoms with E-state index in [0.717, 1.165) is 56.8 Å². The lowest BCUT2D eigenvalue weighted by molar-refractivity contribution is -0.132. The van der Waals surface area contributed by atoms with E-state index in [9.17, 15) is 4.79 Å². The summed E-state index contributed by atoms with van der Waals surface area (Å²) in [6.45, 7) is 7.74. The normalized spacial score (nSPS) is 21.9. The Morgan fingerprint density at radius 1 is 1.23 bits per heavy atom. The van der Waals surface area contributed by atoms with E-state index in [0.29, 0.717) is 24.8 Å². The predicted octanol–water partition coefficient (Wildman–Crippen LogP) is 4.09. The first-order valence-electron chi connectivity index (χ1n) is 11.4. The number of rotatable bonds is 5. The lowest BCUT2D eigenvalue weighted by atomic mass is 9.92. The molecule has 0 radical (unpaired) electrons. The van der Waals surface area contributed by atoms with Crippen LogP contribution in [0, 0.1) is 12.8 Å². The number of pyridine rings is 1. The zero-order chi connectivity index (χ0) is 21.2. The molecule has 0 aliphatic carbocycles. The second-order valence-corrected chi connectivity index (χ2v) is 10.0. The second-order valence-electron chi connectivity index (χ2n) is 9.02. The van der Waals surface area contributed by atoms with Gasteiger partial charge in [0.2, 0.25) is 5.91 Å². The molecule has 1 fully saturated rings. The van der Waals surface area contributed by atoms with E-state index < -0.39 is 0 Å². The van der Waals surface area contributed by atoms with Gasteiger partial charge in [0.25, 0.3) is 0 Å². The van der Waals surface area contributed by atoms with E-state index >= 15 is 0 Å². The maximum absolute atomic E-state index is 13.2. The average molecular weight is 435 g/mol. The Kier molecular flexibility index (Phi) is 6.01. The van der Waals surface area contributed by atoms with Crippen molar-refractivity contribution in [2.75, 3.05) is 32.7 Å². The van der Waals surface area contributed by atoms with Crippen LogP contribution in [0.5, 0.6) is 0 Å². The van der Waals surface area contributed by atoms with Crippen LogP contribution in [0.25, 0.3) is 0 Å². The molecular formula is C25H30N4OS. The third kappa shape index (κ3) is 4.51. The van der Waals surface area contributed by atoms with Crippen molar-refractivity contribution in [2.45, 2.75) is 39.2 Å². The molecule has 5 heterocycles. The second kappa shape index (κ2) is 9.05. The van der Waals surface area contributed by atoms with Gasteiger partial charge in [0.1, 0.15) is 0 Å². The van der Waals surface area contributed by atoms with Gasteiger partial charge in [0.15, 0.2) is 0 Å². The van der Waals surface area contributed by atoms with Gasteiger partial charge in [-0.05, 0) is 78.9 Å². The number of hydrogen-bond acceptors (Lipinski definition) is 5. The maximum Gasteiger partial charge on any atom is 0.223 e. The van der Waals surface area contributed by atoms with Crippen molar-refractivity contribution in [1.29, 1.82) is 0 Å². The van der Waals surface area contributed by atoms with Gasteiger partial charge in [-0.3, -0.25) is 19.7 Å². The van der Waals surface area contributed by atoms with Gasteiger partial charge >= 0.3 is 0 Å². The van der Waals surface area contributed by atoms with E-state index in [1.54, 1.807) is 0 Å². The minimum absolute atomic E-state index is 0.312. The number of likely N-dealkylation sites (tertiary alicyclic amines) is 1. The molecule has 1 atom stereocenters. The molecular weight excluding hydrogens is 404 g/mol. The van der Waals surface area contributed by atoms with Crippen LogP contribution in [-0.2, 0) is 11.3 Å². The molecule has 1 saturated heterocycles. The molecule has 1 amide bonds. The summed E-state index contributed by atoms with van der Waals surface area (Å²) in [4.78, 5) is 28.2. The molecule has 2 aromatic rings. The van der Waals surface area contributed by atoms with E-state index in [1.165, 1.54) is 28.0 Å². The molecule has 162 valence electrons. The molecule has 0 bridgehead atoms. The Bertz CT molecular complexity index is 1010. The number of amides is 1. The third-order valence-corrected chi connectivity index (χ3v) is 7.89. The molecule has 3 aliphatic heterocycles. The summed E-state index contributed by atoms with van der Waals surface area (Å²) in [6.07, 6.45) is 7.61. The minimum atomic E-state index is 0.312. The van der Waals surface area contributed by atoms with Crippen LogP contribution >= 0.6 is 11.3 Å². The van der Waals surface area contributed by atoms with E-state index in [-0.39, 0.29) is 0 Å². The number of aryl methyl sites for hydroxylation is 1. The fraction of sp³-hybridized carbons (Fsp3) is 0.480. The number of thiophene rings is 1. The fourth-order valence-electron chi connectivity index (χ4n) is 5.08. The Morgan fingerprint density at radius 3 is 2.90 bits per heavy atom. The zero-order valence-electron chi connectivity index (χ0n) is 18.2. The molecule has 0 N–H and O–H groups in total. The number of aromatic nitrogens is 1. The Morgan fingerprint density at radius 2 is 2.10 bits per heavy atom. The highest BCUT2D eigenvalue weighted by Crippen LogP contribution is 2.29. The Balaban J connectivity index is 1.19. The van der Waals surface area contributed by atoms with Crippen molar-refractivity contribution in [3.63, 3.8) is 0 Å². The van der Waals surface area contributed by atoms with Crippen molar-refractivity contribution in [3.05, 3.63) is 63.1 Å². The van der Waals surface area contributed by atoms with Crippen LogP contribution in [0.15, 0.2) is 52.1 Å². The van der Waals surface area contributed by atoms with E-state index in [2.05, 4.69) is 33.2 Å². The summed E-state index contributed by atoms with van der Waals surface area (Å²) in [6, 6.07) is 6.24. The van der Waals surface area contributed by atoms with Gasteiger partial charge < -0.3 is 4.90 Å². The summed E-state index contributed by atoms with van der Waals surface area (Å²) >= 11 is 1.85. The van der Waals surface area contributed by atoms with Crippen molar-refractivity contribution in [2.24, 2.45) is 10.9 Å². The first-order valence-corrected chi connectivity index (χ1v) is 12.2. The summed E-state index contributed by atoms with van der Waals surface area (Å²) in [7, 11) is 0. The van der Waals surface area contributed by atoms with Gasteiger partial charge in [-0.1, -0.05) is 0 Å².